The summed E-state index contributed by atoms with van der Waals surface area (Å²) in [4.78, 5) is 0.752. The lowest BCUT2D eigenvalue weighted by molar-refractivity contribution is 0.680. The molecule has 0 saturated carbocycles. The molecule has 4 rings (SSSR count). The zero-order valence-corrected chi connectivity index (χ0v) is 16.3. The van der Waals surface area contributed by atoms with Gasteiger partial charge in [-0.1, -0.05) is 65.7 Å². The second-order valence-electron chi connectivity index (χ2n) is 6.13. The maximum absolute atomic E-state index is 13.3. The van der Waals surface area contributed by atoms with Crippen LogP contribution in [0.25, 0.3) is 11.3 Å². The van der Waals surface area contributed by atoms with E-state index in [1.807, 2.05) is 72.8 Å². The minimum Gasteiger partial charge on any atom is -0.245 e. The molecule has 5 heteroatoms. The van der Waals surface area contributed by atoms with Crippen molar-refractivity contribution in [1.82, 2.24) is 0 Å². The summed E-state index contributed by atoms with van der Waals surface area (Å²) in [5, 5.41) is 1.32. The van der Waals surface area contributed by atoms with Crippen LogP contribution in [0.4, 0.5) is 0 Å². The topological polar surface area (TPSA) is 29.4 Å². The van der Waals surface area contributed by atoms with E-state index in [0.717, 1.165) is 27.2 Å². The lowest BCUT2D eigenvalue weighted by Crippen LogP contribution is -2.09. The summed E-state index contributed by atoms with van der Waals surface area (Å²) < 4.78 is 17.9. The Kier molecular flexibility index (Phi) is 4.39. The summed E-state index contributed by atoms with van der Waals surface area (Å²) in [6, 6.07) is 22.8. The van der Waals surface area contributed by atoms with Gasteiger partial charge in [0.25, 0.3) is 0 Å². The molecule has 0 bridgehead atoms. The summed E-state index contributed by atoms with van der Waals surface area (Å²) >= 11 is 12.1. The first-order valence-electron chi connectivity index (χ1n) is 8.03. The smallest absolute Gasteiger partial charge is 0.0890 e. The van der Waals surface area contributed by atoms with Gasteiger partial charge in [0.15, 0.2) is 0 Å². The third-order valence-corrected chi connectivity index (χ3v) is 6.52. The molecule has 3 aromatic rings. The Labute approximate surface area is 163 Å². The largest absolute Gasteiger partial charge is 0.245 e. The van der Waals surface area contributed by atoms with Crippen LogP contribution >= 0.6 is 23.2 Å². The highest BCUT2D eigenvalue weighted by Crippen LogP contribution is 2.41. The fraction of sp³-hybridized carbons (Fsp3) is 0.0476. The normalized spacial score (nSPS) is 19.0. The van der Waals surface area contributed by atoms with Gasteiger partial charge >= 0.3 is 0 Å². The molecule has 130 valence electrons. The van der Waals surface area contributed by atoms with Crippen molar-refractivity contribution in [2.24, 2.45) is 4.36 Å². The molecule has 0 saturated heterocycles. The molecule has 1 atom stereocenters. The van der Waals surface area contributed by atoms with E-state index in [9.17, 15) is 4.21 Å². The van der Waals surface area contributed by atoms with E-state index >= 15 is 0 Å². The summed E-state index contributed by atoms with van der Waals surface area (Å²) in [7, 11) is -2.54. The highest BCUT2D eigenvalue weighted by Gasteiger charge is 2.25. The van der Waals surface area contributed by atoms with Gasteiger partial charge in [-0.25, -0.2) is 4.21 Å². The number of rotatable bonds is 2. The SMILES string of the molecule is CS1(=O)=NC(c2ccc(Cl)cc2)=C(c2ccc(Cl)cc2)c2ccccc21. The first-order chi connectivity index (χ1) is 12.5. The quantitative estimate of drug-likeness (QED) is 0.491. The molecular weight excluding hydrogens is 385 g/mol. The summed E-state index contributed by atoms with van der Waals surface area (Å²) in [6.45, 7) is 0. The van der Waals surface area contributed by atoms with Gasteiger partial charge in [-0.15, -0.1) is 0 Å². The molecular formula is C21H15Cl2NOS. The molecule has 1 heterocycles. The predicted molar refractivity (Wildman–Crippen MR) is 110 cm³/mol. The van der Waals surface area contributed by atoms with Crippen LogP contribution in [-0.4, -0.2) is 10.5 Å². The Morgan fingerprint density at radius 1 is 0.769 bits per heavy atom. The van der Waals surface area contributed by atoms with Crippen molar-refractivity contribution in [3.63, 3.8) is 0 Å². The monoisotopic (exact) mass is 399 g/mol. The number of nitrogens with zero attached hydrogens (tertiary/aromatic N) is 1. The van der Waals surface area contributed by atoms with E-state index in [4.69, 9.17) is 23.2 Å². The number of hydrogen-bond donors (Lipinski definition) is 0. The molecule has 0 fully saturated rings. The van der Waals surface area contributed by atoms with Crippen LogP contribution < -0.4 is 0 Å². The standard InChI is InChI=1S/C21H15Cl2NOS/c1-26(25)19-5-3-2-4-18(19)20(14-6-10-16(22)11-7-14)21(24-26)15-8-12-17(23)13-9-15/h2-13H,1H3. The van der Waals surface area contributed by atoms with Crippen LogP contribution in [0.15, 0.2) is 82.1 Å². The average Bonchev–Trinajstić information content (AvgIpc) is 2.63. The van der Waals surface area contributed by atoms with Crippen molar-refractivity contribution in [2.75, 3.05) is 6.26 Å². The molecule has 0 radical (unpaired) electrons. The van der Waals surface area contributed by atoms with Crippen LogP contribution in [0, 0.1) is 0 Å². The van der Waals surface area contributed by atoms with Crippen molar-refractivity contribution in [3.8, 4) is 0 Å². The molecule has 3 aromatic carbocycles. The van der Waals surface area contributed by atoms with Gasteiger partial charge in [-0.05, 0) is 35.9 Å². The van der Waals surface area contributed by atoms with Gasteiger partial charge in [0, 0.05) is 33.0 Å². The molecule has 1 aliphatic heterocycles. The van der Waals surface area contributed by atoms with Gasteiger partial charge in [0.2, 0.25) is 0 Å². The van der Waals surface area contributed by atoms with Gasteiger partial charge in [0.1, 0.15) is 0 Å². The van der Waals surface area contributed by atoms with E-state index in [2.05, 4.69) is 4.36 Å². The second-order valence-corrected chi connectivity index (χ2v) is 9.23. The third-order valence-electron chi connectivity index (χ3n) is 4.32. The summed E-state index contributed by atoms with van der Waals surface area (Å²) in [5.41, 5.74) is 4.44. The molecule has 0 amide bonds. The van der Waals surface area contributed by atoms with Crippen molar-refractivity contribution in [3.05, 3.63) is 99.5 Å². The lowest BCUT2D eigenvalue weighted by Gasteiger charge is -2.23. The lowest BCUT2D eigenvalue weighted by atomic mass is 9.93. The van der Waals surface area contributed by atoms with E-state index in [0.29, 0.717) is 15.7 Å². The van der Waals surface area contributed by atoms with Crippen molar-refractivity contribution >= 4 is 44.2 Å². The van der Waals surface area contributed by atoms with E-state index in [1.165, 1.54) is 0 Å². The van der Waals surface area contributed by atoms with Gasteiger partial charge < -0.3 is 0 Å². The van der Waals surface area contributed by atoms with Crippen molar-refractivity contribution in [2.45, 2.75) is 4.90 Å². The molecule has 0 N–H and O–H groups in total. The molecule has 0 aromatic heterocycles. The van der Waals surface area contributed by atoms with Crippen molar-refractivity contribution in [1.29, 1.82) is 0 Å². The molecule has 26 heavy (non-hydrogen) atoms. The Balaban J connectivity index is 2.10. The zero-order chi connectivity index (χ0) is 18.3. The molecule has 1 aliphatic rings. The van der Waals surface area contributed by atoms with Gasteiger partial charge in [-0.3, -0.25) is 0 Å². The van der Waals surface area contributed by atoms with Crippen LogP contribution in [0.2, 0.25) is 10.0 Å². The zero-order valence-electron chi connectivity index (χ0n) is 13.9. The second kappa shape index (κ2) is 6.58. The number of fused-ring (bicyclic) bond motifs is 1. The summed E-state index contributed by atoms with van der Waals surface area (Å²) in [5.74, 6) is 0. The predicted octanol–water partition coefficient (Wildman–Crippen LogP) is 6.38. The Morgan fingerprint density at radius 3 is 1.92 bits per heavy atom. The van der Waals surface area contributed by atoms with Gasteiger partial charge in [0.05, 0.1) is 20.3 Å². The molecule has 0 aliphatic carbocycles. The maximum Gasteiger partial charge on any atom is 0.0890 e. The number of hydrogen-bond acceptors (Lipinski definition) is 2. The maximum atomic E-state index is 13.3. The summed E-state index contributed by atoms with van der Waals surface area (Å²) in [6.07, 6.45) is 1.68. The average molecular weight is 400 g/mol. The van der Waals surface area contributed by atoms with Crippen LogP contribution in [0.1, 0.15) is 16.7 Å². The highest BCUT2D eigenvalue weighted by atomic mass is 35.5. The minimum atomic E-state index is -2.54. The number of halogens is 2. The van der Waals surface area contributed by atoms with E-state index in [-0.39, 0.29) is 0 Å². The Morgan fingerprint density at radius 2 is 1.31 bits per heavy atom. The molecule has 1 unspecified atom stereocenters. The number of benzene rings is 3. The van der Waals surface area contributed by atoms with Crippen molar-refractivity contribution < 1.29 is 4.21 Å². The fourth-order valence-corrected chi connectivity index (χ4v) is 4.92. The van der Waals surface area contributed by atoms with Crippen LogP contribution in [-0.2, 0) is 9.73 Å². The first kappa shape index (κ1) is 17.3. The molecule has 2 nitrogen and oxygen atoms in total. The Hall–Kier alpha value is -2.07. The first-order valence-corrected chi connectivity index (χ1v) is 10.7. The van der Waals surface area contributed by atoms with Crippen LogP contribution in [0.5, 0.6) is 0 Å². The third kappa shape index (κ3) is 3.07. The fourth-order valence-electron chi connectivity index (χ4n) is 3.11. The Bertz CT molecular complexity index is 1140. The van der Waals surface area contributed by atoms with Crippen LogP contribution in [0.3, 0.4) is 0 Å². The molecule has 0 spiro atoms. The minimum absolute atomic E-state index is 0.649. The highest BCUT2D eigenvalue weighted by molar-refractivity contribution is 7.93. The van der Waals surface area contributed by atoms with Gasteiger partial charge in [-0.2, -0.15) is 4.36 Å². The van der Waals surface area contributed by atoms with E-state index in [1.54, 1.807) is 6.26 Å². The van der Waals surface area contributed by atoms with E-state index < -0.39 is 9.73 Å².